The summed E-state index contributed by atoms with van der Waals surface area (Å²) < 4.78 is 10.5. The van der Waals surface area contributed by atoms with E-state index in [9.17, 15) is 9.59 Å². The van der Waals surface area contributed by atoms with E-state index in [1.165, 1.54) is 13.3 Å². The summed E-state index contributed by atoms with van der Waals surface area (Å²) in [6, 6.07) is 9.97. The lowest BCUT2D eigenvalue weighted by Gasteiger charge is -2.20. The van der Waals surface area contributed by atoms with Crippen molar-refractivity contribution >= 4 is 17.7 Å². The van der Waals surface area contributed by atoms with Gasteiger partial charge in [0.2, 0.25) is 0 Å². The maximum absolute atomic E-state index is 12.5. The molecule has 126 valence electrons. The average molecular weight is 328 g/mol. The highest BCUT2D eigenvalue weighted by molar-refractivity contribution is 6.08. The Balaban J connectivity index is 2.27. The number of nitrogens with zero attached hydrogens (tertiary/aromatic N) is 1. The van der Waals surface area contributed by atoms with Gasteiger partial charge in [-0.3, -0.25) is 4.79 Å². The number of amides is 1. The summed E-state index contributed by atoms with van der Waals surface area (Å²) >= 11 is 0. The van der Waals surface area contributed by atoms with Crippen LogP contribution in [0.15, 0.2) is 42.6 Å². The van der Waals surface area contributed by atoms with E-state index in [1.54, 1.807) is 57.2 Å². The second kappa shape index (κ2) is 7.12. The summed E-state index contributed by atoms with van der Waals surface area (Å²) in [7, 11) is 1.49. The number of aromatic nitrogens is 1. The Bertz CT molecular complexity index is 751. The van der Waals surface area contributed by atoms with Crippen molar-refractivity contribution in [3.63, 3.8) is 0 Å². The molecule has 1 amide bonds. The molecular formula is C18H20N2O4. The maximum Gasteiger partial charge on any atom is 0.342 e. The molecule has 0 saturated heterocycles. The van der Waals surface area contributed by atoms with E-state index < -0.39 is 17.5 Å². The molecule has 24 heavy (non-hydrogen) atoms. The van der Waals surface area contributed by atoms with E-state index in [4.69, 9.17) is 9.47 Å². The molecule has 0 aliphatic carbocycles. The molecule has 1 aromatic carbocycles. The van der Waals surface area contributed by atoms with Crippen LogP contribution < -0.4 is 10.1 Å². The van der Waals surface area contributed by atoms with Crippen LogP contribution in [-0.2, 0) is 4.74 Å². The van der Waals surface area contributed by atoms with Crippen molar-refractivity contribution in [2.24, 2.45) is 0 Å². The third-order valence-electron chi connectivity index (χ3n) is 3.01. The van der Waals surface area contributed by atoms with E-state index >= 15 is 0 Å². The minimum atomic E-state index is -0.642. The number of carbonyl (C=O) groups is 2. The van der Waals surface area contributed by atoms with Crippen LogP contribution in [0.25, 0.3) is 0 Å². The SMILES string of the molecule is COc1ccccc1C(=O)Nc1ncccc1C(=O)OC(C)(C)C. The second-order valence-electron chi connectivity index (χ2n) is 6.06. The predicted molar refractivity (Wildman–Crippen MR) is 90.4 cm³/mol. The quantitative estimate of drug-likeness (QED) is 0.871. The molecule has 0 aliphatic rings. The molecule has 0 radical (unpaired) electrons. The molecule has 0 atom stereocenters. The lowest BCUT2D eigenvalue weighted by molar-refractivity contribution is 0.00704. The van der Waals surface area contributed by atoms with E-state index in [0.717, 1.165) is 0 Å². The molecule has 6 nitrogen and oxygen atoms in total. The topological polar surface area (TPSA) is 77.5 Å². The molecule has 6 heteroatoms. The van der Waals surface area contributed by atoms with Crippen LogP contribution in [0.1, 0.15) is 41.5 Å². The number of anilines is 1. The average Bonchev–Trinajstić information content (AvgIpc) is 2.53. The monoisotopic (exact) mass is 328 g/mol. The van der Waals surface area contributed by atoms with Crippen LogP contribution in [0.3, 0.4) is 0 Å². The van der Waals surface area contributed by atoms with Crippen LogP contribution in [0, 0.1) is 0 Å². The van der Waals surface area contributed by atoms with Gasteiger partial charge < -0.3 is 14.8 Å². The van der Waals surface area contributed by atoms with Gasteiger partial charge in [-0.25, -0.2) is 9.78 Å². The highest BCUT2D eigenvalue weighted by atomic mass is 16.6. The number of pyridine rings is 1. The first-order chi connectivity index (χ1) is 11.3. The molecule has 0 aliphatic heterocycles. The number of ether oxygens (including phenoxy) is 2. The van der Waals surface area contributed by atoms with Crippen molar-refractivity contribution in [1.82, 2.24) is 4.98 Å². The Labute approximate surface area is 140 Å². The molecule has 1 heterocycles. The number of carbonyl (C=O) groups excluding carboxylic acids is 2. The highest BCUT2D eigenvalue weighted by Crippen LogP contribution is 2.21. The Morgan fingerprint density at radius 1 is 1.04 bits per heavy atom. The van der Waals surface area contributed by atoms with E-state index in [2.05, 4.69) is 10.3 Å². The number of benzene rings is 1. The van der Waals surface area contributed by atoms with Crippen LogP contribution in [0.4, 0.5) is 5.82 Å². The van der Waals surface area contributed by atoms with Crippen molar-refractivity contribution in [3.8, 4) is 5.75 Å². The Kier molecular flexibility index (Phi) is 5.18. The van der Waals surface area contributed by atoms with Gasteiger partial charge in [-0.2, -0.15) is 0 Å². The summed E-state index contributed by atoms with van der Waals surface area (Å²) in [5, 5.41) is 2.64. The number of hydrogen-bond donors (Lipinski definition) is 1. The summed E-state index contributed by atoms with van der Waals surface area (Å²) in [5.74, 6) is -0.394. The zero-order valence-corrected chi connectivity index (χ0v) is 14.1. The normalized spacial score (nSPS) is 10.8. The first-order valence-electron chi connectivity index (χ1n) is 7.44. The van der Waals surface area contributed by atoms with Gasteiger partial charge in [0.1, 0.15) is 22.7 Å². The van der Waals surface area contributed by atoms with E-state index in [0.29, 0.717) is 11.3 Å². The minimum Gasteiger partial charge on any atom is -0.496 e. The van der Waals surface area contributed by atoms with Crippen LogP contribution in [-0.4, -0.2) is 29.6 Å². The Hall–Kier alpha value is -2.89. The molecule has 2 rings (SSSR count). The summed E-state index contributed by atoms with van der Waals surface area (Å²) in [6.07, 6.45) is 1.49. The first-order valence-corrected chi connectivity index (χ1v) is 7.44. The number of methoxy groups -OCH3 is 1. The van der Waals surface area contributed by atoms with Gasteiger partial charge in [-0.05, 0) is 45.0 Å². The molecule has 0 saturated carbocycles. The predicted octanol–water partition coefficient (Wildman–Crippen LogP) is 3.30. The molecule has 0 bridgehead atoms. The van der Waals surface area contributed by atoms with E-state index in [-0.39, 0.29) is 11.4 Å². The fraction of sp³-hybridized carbons (Fsp3) is 0.278. The molecule has 0 unspecified atom stereocenters. The van der Waals surface area contributed by atoms with E-state index in [1.807, 2.05) is 0 Å². The van der Waals surface area contributed by atoms with Crippen molar-refractivity contribution in [3.05, 3.63) is 53.7 Å². The number of para-hydroxylation sites is 1. The molecular weight excluding hydrogens is 308 g/mol. The van der Waals surface area contributed by atoms with Gasteiger partial charge in [0, 0.05) is 6.20 Å². The van der Waals surface area contributed by atoms with Gasteiger partial charge in [0.05, 0.1) is 12.7 Å². The van der Waals surface area contributed by atoms with Gasteiger partial charge in [-0.15, -0.1) is 0 Å². The smallest absolute Gasteiger partial charge is 0.342 e. The summed E-state index contributed by atoms with van der Waals surface area (Å²) in [6.45, 7) is 5.32. The zero-order chi connectivity index (χ0) is 17.7. The molecule has 1 N–H and O–H groups in total. The van der Waals surface area contributed by atoms with Crippen LogP contribution in [0.2, 0.25) is 0 Å². The number of esters is 1. The fourth-order valence-electron chi connectivity index (χ4n) is 2.01. The number of rotatable bonds is 4. The standard InChI is InChI=1S/C18H20N2O4/c1-18(2,3)24-17(22)13-9-7-11-19-15(13)20-16(21)12-8-5-6-10-14(12)23-4/h5-11H,1-4H3,(H,19,20,21). The van der Waals surface area contributed by atoms with Gasteiger partial charge in [0.25, 0.3) is 5.91 Å². The van der Waals surface area contributed by atoms with Gasteiger partial charge >= 0.3 is 5.97 Å². The highest BCUT2D eigenvalue weighted by Gasteiger charge is 2.22. The summed E-state index contributed by atoms with van der Waals surface area (Å²) in [4.78, 5) is 28.8. The fourth-order valence-corrected chi connectivity index (χ4v) is 2.01. The Morgan fingerprint density at radius 2 is 1.71 bits per heavy atom. The Morgan fingerprint density at radius 3 is 2.38 bits per heavy atom. The second-order valence-corrected chi connectivity index (χ2v) is 6.06. The third kappa shape index (κ3) is 4.32. The van der Waals surface area contributed by atoms with Gasteiger partial charge in [0.15, 0.2) is 0 Å². The number of hydrogen-bond acceptors (Lipinski definition) is 5. The van der Waals surface area contributed by atoms with Crippen molar-refractivity contribution in [1.29, 1.82) is 0 Å². The van der Waals surface area contributed by atoms with Crippen molar-refractivity contribution in [2.75, 3.05) is 12.4 Å². The van der Waals surface area contributed by atoms with Crippen LogP contribution in [0.5, 0.6) is 5.75 Å². The number of nitrogens with one attached hydrogen (secondary N) is 1. The molecule has 0 fully saturated rings. The van der Waals surface area contributed by atoms with Crippen LogP contribution >= 0.6 is 0 Å². The van der Waals surface area contributed by atoms with Crippen molar-refractivity contribution < 1.29 is 19.1 Å². The third-order valence-corrected chi connectivity index (χ3v) is 3.01. The largest absolute Gasteiger partial charge is 0.496 e. The lowest BCUT2D eigenvalue weighted by Crippen LogP contribution is -2.25. The summed E-state index contributed by atoms with van der Waals surface area (Å²) in [5.41, 5.74) is -0.104. The van der Waals surface area contributed by atoms with Crippen molar-refractivity contribution in [2.45, 2.75) is 26.4 Å². The van der Waals surface area contributed by atoms with Gasteiger partial charge in [-0.1, -0.05) is 12.1 Å². The maximum atomic E-state index is 12.5. The molecule has 0 spiro atoms. The minimum absolute atomic E-state index is 0.141. The first kappa shape index (κ1) is 17.5. The lowest BCUT2D eigenvalue weighted by atomic mass is 10.1. The molecule has 1 aromatic heterocycles. The zero-order valence-electron chi connectivity index (χ0n) is 14.1. The molecule has 2 aromatic rings.